The number of nitrogens with zero attached hydrogens (tertiary/aromatic N) is 4. The Kier molecular flexibility index (Phi) is 11.2. The van der Waals surface area contributed by atoms with Gasteiger partial charge in [-0.05, 0) is 36.4 Å². The average molecular weight is 667 g/mol. The maximum atomic E-state index is 13.1. The molecule has 2 fully saturated rings. The zero-order valence-corrected chi connectivity index (χ0v) is 27.6. The molecule has 0 aromatic carbocycles. The predicted octanol–water partition coefficient (Wildman–Crippen LogP) is 4.32. The topological polar surface area (TPSA) is 148 Å². The van der Waals surface area contributed by atoms with Gasteiger partial charge in [-0.3, -0.25) is 19.4 Å². The molecular weight excluding hydrogens is 624 g/mol. The standard InChI is InChI=1S/C33H42N6O7S/c1-3-6-23-17-24(36-45-23)32(40)34-19-22(4-2)39-12-15-43-30(21-39)28-9-8-27(44-28)26(38-10-13-42-14-11-38)20-35-33(41)25-18-29(46-37-25)31-7-5-16-47-31/h5,7-9,16-18,22,26,30H,3-4,6,10-15,19-21H2,1-2H3,(H,34,40)(H,35,41). The Morgan fingerprint density at radius 1 is 0.957 bits per heavy atom. The van der Waals surface area contributed by atoms with Crippen molar-refractivity contribution in [2.24, 2.45) is 0 Å². The third kappa shape index (κ3) is 8.19. The van der Waals surface area contributed by atoms with Crippen molar-refractivity contribution < 1.29 is 32.5 Å². The summed E-state index contributed by atoms with van der Waals surface area (Å²) in [6.45, 7) is 9.56. The second-order valence-corrected chi connectivity index (χ2v) is 12.7. The highest BCUT2D eigenvalue weighted by molar-refractivity contribution is 7.13. The second kappa shape index (κ2) is 15.8. The van der Waals surface area contributed by atoms with Gasteiger partial charge in [0.25, 0.3) is 11.8 Å². The summed E-state index contributed by atoms with van der Waals surface area (Å²) in [6.07, 6.45) is 2.27. The van der Waals surface area contributed by atoms with Crippen LogP contribution in [-0.2, 0) is 15.9 Å². The van der Waals surface area contributed by atoms with Crippen LogP contribution in [0.1, 0.15) is 77.1 Å². The van der Waals surface area contributed by atoms with E-state index >= 15 is 0 Å². The summed E-state index contributed by atoms with van der Waals surface area (Å²) in [5, 5.41) is 15.9. The van der Waals surface area contributed by atoms with Crippen molar-refractivity contribution in [1.29, 1.82) is 0 Å². The first-order valence-electron chi connectivity index (χ1n) is 16.3. The number of aryl methyl sites for hydroxylation is 1. The summed E-state index contributed by atoms with van der Waals surface area (Å²) in [7, 11) is 0. The molecule has 4 aromatic rings. The first kappa shape index (κ1) is 33.1. The number of hydrogen-bond donors (Lipinski definition) is 2. The molecule has 2 N–H and O–H groups in total. The lowest BCUT2D eigenvalue weighted by Crippen LogP contribution is -2.49. The number of carbonyl (C=O) groups excluding carboxylic acids is 2. The van der Waals surface area contributed by atoms with Gasteiger partial charge in [-0.2, -0.15) is 0 Å². The highest BCUT2D eigenvalue weighted by atomic mass is 32.1. The van der Waals surface area contributed by atoms with E-state index in [1.807, 2.05) is 29.6 Å². The van der Waals surface area contributed by atoms with Gasteiger partial charge >= 0.3 is 0 Å². The van der Waals surface area contributed by atoms with E-state index in [2.05, 4.69) is 44.6 Å². The van der Waals surface area contributed by atoms with Gasteiger partial charge in [0, 0.05) is 63.9 Å². The number of ether oxygens (including phenoxy) is 2. The van der Waals surface area contributed by atoms with E-state index < -0.39 is 0 Å². The number of aromatic nitrogens is 2. The molecule has 4 aromatic heterocycles. The Morgan fingerprint density at radius 2 is 1.72 bits per heavy atom. The van der Waals surface area contributed by atoms with Gasteiger partial charge in [0.15, 0.2) is 17.1 Å². The van der Waals surface area contributed by atoms with Crippen molar-refractivity contribution >= 4 is 23.2 Å². The van der Waals surface area contributed by atoms with E-state index in [0.717, 1.165) is 61.1 Å². The van der Waals surface area contributed by atoms with Gasteiger partial charge in [-0.1, -0.05) is 30.2 Å². The van der Waals surface area contributed by atoms with Crippen LogP contribution in [0.5, 0.6) is 0 Å². The number of morpholine rings is 2. The molecule has 2 saturated heterocycles. The minimum atomic E-state index is -0.310. The van der Waals surface area contributed by atoms with Crippen molar-refractivity contribution in [3.05, 3.63) is 70.4 Å². The Labute approximate surface area is 277 Å². The number of amides is 2. The van der Waals surface area contributed by atoms with Crippen LogP contribution >= 0.6 is 11.3 Å². The Morgan fingerprint density at radius 3 is 2.49 bits per heavy atom. The monoisotopic (exact) mass is 666 g/mol. The quantitative estimate of drug-likeness (QED) is 0.198. The fourth-order valence-electron chi connectivity index (χ4n) is 6.01. The summed E-state index contributed by atoms with van der Waals surface area (Å²) < 4.78 is 28.9. The molecule has 3 atom stereocenters. The SMILES string of the molecule is CCCc1cc(C(=O)NCC(CC)N2CCOC(c3ccc(C(CNC(=O)c4cc(-c5cccs5)on4)N4CCOCC4)o3)C2)no1. The van der Waals surface area contributed by atoms with Gasteiger partial charge in [0.2, 0.25) is 0 Å². The molecular formula is C33H42N6O7S. The normalized spacial score (nSPS) is 19.0. The Bertz CT molecular complexity index is 1580. The van der Waals surface area contributed by atoms with Crippen molar-refractivity contribution in [1.82, 2.24) is 30.7 Å². The van der Waals surface area contributed by atoms with Gasteiger partial charge in [-0.25, -0.2) is 0 Å². The van der Waals surface area contributed by atoms with E-state index in [9.17, 15) is 9.59 Å². The van der Waals surface area contributed by atoms with Crippen LogP contribution in [0.15, 0.2) is 55.2 Å². The molecule has 0 radical (unpaired) electrons. The van der Waals surface area contributed by atoms with Crippen LogP contribution in [0.3, 0.4) is 0 Å². The van der Waals surface area contributed by atoms with Gasteiger partial charge in [-0.15, -0.1) is 11.3 Å². The molecule has 6 heterocycles. The molecule has 0 aliphatic carbocycles. The van der Waals surface area contributed by atoms with Crippen LogP contribution in [0, 0.1) is 0 Å². The molecule has 2 amide bonds. The fourth-order valence-corrected chi connectivity index (χ4v) is 6.68. The number of nitrogens with one attached hydrogen (secondary N) is 2. The van der Waals surface area contributed by atoms with Crippen LogP contribution in [0.2, 0.25) is 0 Å². The van der Waals surface area contributed by atoms with E-state index in [0.29, 0.717) is 50.9 Å². The van der Waals surface area contributed by atoms with Crippen molar-refractivity contribution in [2.45, 2.75) is 51.3 Å². The Hall–Kier alpha value is -3.82. The first-order valence-corrected chi connectivity index (χ1v) is 17.2. The average Bonchev–Trinajstić information content (AvgIpc) is 3.93. The zero-order valence-electron chi connectivity index (χ0n) is 26.8. The summed E-state index contributed by atoms with van der Waals surface area (Å²) >= 11 is 1.52. The summed E-state index contributed by atoms with van der Waals surface area (Å²) in [4.78, 5) is 31.3. The lowest BCUT2D eigenvalue weighted by atomic mass is 10.1. The molecule has 3 unspecified atom stereocenters. The summed E-state index contributed by atoms with van der Waals surface area (Å²) in [5.41, 5.74) is 0.537. The predicted molar refractivity (Wildman–Crippen MR) is 173 cm³/mol. The number of thiophene rings is 1. The molecule has 252 valence electrons. The fraction of sp³-hybridized carbons (Fsp3) is 0.515. The van der Waals surface area contributed by atoms with E-state index in [-0.39, 0.29) is 35.7 Å². The maximum absolute atomic E-state index is 13.1. The number of carbonyl (C=O) groups is 2. The van der Waals surface area contributed by atoms with Crippen LogP contribution in [-0.4, -0.2) is 97.1 Å². The van der Waals surface area contributed by atoms with Crippen LogP contribution < -0.4 is 10.6 Å². The molecule has 0 bridgehead atoms. The van der Waals surface area contributed by atoms with Crippen LogP contribution in [0.25, 0.3) is 10.6 Å². The molecule has 13 nitrogen and oxygen atoms in total. The van der Waals surface area contributed by atoms with E-state index in [1.54, 1.807) is 12.1 Å². The lowest BCUT2D eigenvalue weighted by molar-refractivity contribution is -0.0551. The van der Waals surface area contributed by atoms with Gasteiger partial charge < -0.3 is 33.6 Å². The molecule has 0 spiro atoms. The smallest absolute Gasteiger partial charge is 0.273 e. The Balaban J connectivity index is 1.08. The minimum Gasteiger partial charge on any atom is -0.462 e. The largest absolute Gasteiger partial charge is 0.462 e. The first-order chi connectivity index (χ1) is 23.0. The third-order valence-electron chi connectivity index (χ3n) is 8.61. The highest BCUT2D eigenvalue weighted by Gasteiger charge is 2.32. The second-order valence-electron chi connectivity index (χ2n) is 11.7. The summed E-state index contributed by atoms with van der Waals surface area (Å²) in [5.74, 6) is 2.22. The maximum Gasteiger partial charge on any atom is 0.273 e. The number of rotatable bonds is 14. The van der Waals surface area contributed by atoms with Gasteiger partial charge in [0.1, 0.15) is 23.4 Å². The summed E-state index contributed by atoms with van der Waals surface area (Å²) in [6, 6.07) is 11.1. The highest BCUT2D eigenvalue weighted by Crippen LogP contribution is 2.30. The van der Waals surface area contributed by atoms with E-state index in [1.165, 1.54) is 11.3 Å². The molecule has 2 aliphatic rings. The molecule has 2 aliphatic heterocycles. The molecule has 0 saturated carbocycles. The third-order valence-corrected chi connectivity index (χ3v) is 9.50. The lowest BCUT2D eigenvalue weighted by Gasteiger charge is -2.37. The number of hydrogen-bond acceptors (Lipinski definition) is 12. The molecule has 14 heteroatoms. The number of furan rings is 1. The van der Waals surface area contributed by atoms with E-state index in [4.69, 9.17) is 22.9 Å². The van der Waals surface area contributed by atoms with Crippen molar-refractivity contribution in [3.8, 4) is 10.6 Å². The van der Waals surface area contributed by atoms with Gasteiger partial charge in [0.05, 0.1) is 30.7 Å². The minimum absolute atomic E-state index is 0.120. The van der Waals surface area contributed by atoms with Crippen LogP contribution in [0.4, 0.5) is 0 Å². The zero-order chi connectivity index (χ0) is 32.6. The molecule has 6 rings (SSSR count). The molecule has 47 heavy (non-hydrogen) atoms. The van der Waals surface area contributed by atoms with Crippen molar-refractivity contribution in [2.75, 3.05) is 59.1 Å². The van der Waals surface area contributed by atoms with Crippen molar-refractivity contribution in [3.63, 3.8) is 0 Å².